The highest BCUT2D eigenvalue weighted by atomic mass is 19.1. The zero-order chi connectivity index (χ0) is 20.4. The van der Waals surface area contributed by atoms with E-state index in [-0.39, 0.29) is 24.8 Å². The molecule has 6 nitrogen and oxygen atoms in total. The third-order valence-corrected chi connectivity index (χ3v) is 5.31. The van der Waals surface area contributed by atoms with Gasteiger partial charge < -0.3 is 15.0 Å². The summed E-state index contributed by atoms with van der Waals surface area (Å²) in [6.07, 6.45) is 2.03. The van der Waals surface area contributed by atoms with Gasteiger partial charge in [-0.25, -0.2) is 4.39 Å². The van der Waals surface area contributed by atoms with Crippen molar-refractivity contribution in [1.82, 2.24) is 4.90 Å². The van der Waals surface area contributed by atoms with E-state index in [2.05, 4.69) is 5.32 Å². The number of nitrogens with zero attached hydrogens (tertiary/aromatic N) is 1. The first-order valence-electron chi connectivity index (χ1n) is 9.65. The van der Waals surface area contributed by atoms with Crippen LogP contribution in [-0.2, 0) is 20.9 Å². The molecule has 0 unspecified atom stereocenters. The van der Waals surface area contributed by atoms with Crippen molar-refractivity contribution in [3.63, 3.8) is 0 Å². The molecule has 4 rings (SSSR count). The zero-order valence-corrected chi connectivity index (χ0v) is 15.8. The van der Waals surface area contributed by atoms with Gasteiger partial charge >= 0.3 is 5.97 Å². The Hall–Kier alpha value is -3.22. The molecule has 0 aliphatic carbocycles. The third kappa shape index (κ3) is 4.13. The molecule has 7 heteroatoms. The number of carbonyl (C=O) groups is 3. The second-order valence-corrected chi connectivity index (χ2v) is 7.34. The Bertz CT molecular complexity index is 952. The number of anilines is 1. The highest BCUT2D eigenvalue weighted by molar-refractivity contribution is 6.00. The SMILES string of the molecule is O=C1C[C@H](C(=O)OCc2ccc(C(=O)N3CCCC3)cc2)c2ccc(F)cc2N1. The van der Waals surface area contributed by atoms with E-state index in [9.17, 15) is 18.8 Å². The van der Waals surface area contributed by atoms with E-state index in [1.54, 1.807) is 24.3 Å². The molecule has 29 heavy (non-hydrogen) atoms. The average Bonchev–Trinajstić information content (AvgIpc) is 3.26. The van der Waals surface area contributed by atoms with Crippen LogP contribution in [0.4, 0.5) is 10.1 Å². The van der Waals surface area contributed by atoms with Crippen molar-refractivity contribution in [1.29, 1.82) is 0 Å². The predicted octanol–water partition coefficient (Wildman–Crippen LogP) is 3.23. The van der Waals surface area contributed by atoms with Gasteiger partial charge in [-0.05, 0) is 48.2 Å². The van der Waals surface area contributed by atoms with E-state index in [0.717, 1.165) is 31.5 Å². The molecule has 2 aromatic rings. The van der Waals surface area contributed by atoms with Crippen LogP contribution in [0.1, 0.15) is 46.7 Å². The molecular weight excluding hydrogens is 375 g/mol. The molecule has 1 saturated heterocycles. The molecule has 0 radical (unpaired) electrons. The summed E-state index contributed by atoms with van der Waals surface area (Å²) in [6.45, 7) is 1.61. The summed E-state index contributed by atoms with van der Waals surface area (Å²) in [5, 5.41) is 2.58. The zero-order valence-electron chi connectivity index (χ0n) is 15.8. The van der Waals surface area contributed by atoms with Gasteiger partial charge in [-0.2, -0.15) is 0 Å². The topological polar surface area (TPSA) is 75.7 Å². The van der Waals surface area contributed by atoms with Gasteiger partial charge in [0, 0.05) is 30.8 Å². The molecule has 1 atom stereocenters. The molecule has 0 saturated carbocycles. The van der Waals surface area contributed by atoms with Crippen LogP contribution in [0.5, 0.6) is 0 Å². The van der Waals surface area contributed by atoms with Crippen LogP contribution in [0.3, 0.4) is 0 Å². The number of rotatable bonds is 4. The lowest BCUT2D eigenvalue weighted by molar-refractivity contribution is -0.148. The maximum absolute atomic E-state index is 13.4. The Morgan fingerprint density at radius 2 is 1.83 bits per heavy atom. The van der Waals surface area contributed by atoms with Gasteiger partial charge in [-0.3, -0.25) is 14.4 Å². The monoisotopic (exact) mass is 396 g/mol. The first-order valence-corrected chi connectivity index (χ1v) is 9.65. The number of amides is 2. The summed E-state index contributed by atoms with van der Waals surface area (Å²) in [4.78, 5) is 38.6. The lowest BCUT2D eigenvalue weighted by Crippen LogP contribution is -2.28. The molecule has 2 amide bonds. The molecular formula is C22H21FN2O4. The first-order chi connectivity index (χ1) is 14.0. The molecule has 2 aromatic carbocycles. The molecule has 2 aliphatic heterocycles. The molecule has 2 heterocycles. The number of ether oxygens (including phenoxy) is 1. The molecule has 0 spiro atoms. The quantitative estimate of drug-likeness (QED) is 0.805. The number of fused-ring (bicyclic) bond motifs is 1. The van der Waals surface area contributed by atoms with Crippen LogP contribution >= 0.6 is 0 Å². The highest BCUT2D eigenvalue weighted by Crippen LogP contribution is 2.33. The minimum Gasteiger partial charge on any atom is -0.460 e. The van der Waals surface area contributed by atoms with Crippen molar-refractivity contribution in [2.45, 2.75) is 31.8 Å². The Morgan fingerprint density at radius 1 is 1.10 bits per heavy atom. The van der Waals surface area contributed by atoms with E-state index in [1.807, 2.05) is 4.90 Å². The summed E-state index contributed by atoms with van der Waals surface area (Å²) >= 11 is 0. The van der Waals surface area contributed by atoms with Gasteiger partial charge in [-0.1, -0.05) is 18.2 Å². The Kier molecular flexibility index (Phi) is 5.29. The number of carbonyl (C=O) groups excluding carboxylic acids is 3. The second kappa shape index (κ2) is 8.03. The van der Waals surface area contributed by atoms with Crippen molar-refractivity contribution in [2.75, 3.05) is 18.4 Å². The number of nitrogens with one attached hydrogen (secondary N) is 1. The fraction of sp³-hybridized carbons (Fsp3) is 0.318. The van der Waals surface area contributed by atoms with Gasteiger partial charge in [0.05, 0.1) is 5.92 Å². The number of benzene rings is 2. The number of likely N-dealkylation sites (tertiary alicyclic amines) is 1. The number of halogens is 1. The van der Waals surface area contributed by atoms with Gasteiger partial charge in [0.25, 0.3) is 5.91 Å². The van der Waals surface area contributed by atoms with E-state index < -0.39 is 17.7 Å². The van der Waals surface area contributed by atoms with E-state index in [0.29, 0.717) is 16.8 Å². The summed E-state index contributed by atoms with van der Waals surface area (Å²) in [5.41, 5.74) is 2.20. The van der Waals surface area contributed by atoms with Gasteiger partial charge in [0.2, 0.25) is 5.91 Å². The van der Waals surface area contributed by atoms with Gasteiger partial charge in [-0.15, -0.1) is 0 Å². The summed E-state index contributed by atoms with van der Waals surface area (Å²) in [7, 11) is 0. The van der Waals surface area contributed by atoms with Crippen molar-refractivity contribution in [3.8, 4) is 0 Å². The number of esters is 1. The van der Waals surface area contributed by atoms with Crippen LogP contribution < -0.4 is 5.32 Å². The lowest BCUT2D eigenvalue weighted by Gasteiger charge is -2.24. The van der Waals surface area contributed by atoms with Crippen molar-refractivity contribution in [3.05, 3.63) is 65.0 Å². The first kappa shape index (κ1) is 19.1. The highest BCUT2D eigenvalue weighted by Gasteiger charge is 2.32. The molecule has 1 N–H and O–H groups in total. The largest absolute Gasteiger partial charge is 0.460 e. The fourth-order valence-corrected chi connectivity index (χ4v) is 3.75. The second-order valence-electron chi connectivity index (χ2n) is 7.34. The van der Waals surface area contributed by atoms with E-state index >= 15 is 0 Å². The smallest absolute Gasteiger partial charge is 0.314 e. The van der Waals surface area contributed by atoms with Crippen LogP contribution in [0.2, 0.25) is 0 Å². The summed E-state index contributed by atoms with van der Waals surface area (Å²) in [6, 6.07) is 10.9. The molecule has 2 aliphatic rings. The standard InChI is InChI=1S/C22H21FN2O4/c23-16-7-8-17-18(12-20(26)24-19(17)11-16)22(28)29-13-14-3-5-15(6-4-14)21(27)25-9-1-2-10-25/h3-8,11,18H,1-2,9-10,12-13H2,(H,24,26)/t18-/m0/s1. The molecule has 150 valence electrons. The average molecular weight is 396 g/mol. The van der Waals surface area contributed by atoms with Crippen LogP contribution in [0.15, 0.2) is 42.5 Å². The number of hydrogen-bond donors (Lipinski definition) is 1. The maximum atomic E-state index is 13.4. The molecule has 1 fully saturated rings. The third-order valence-electron chi connectivity index (χ3n) is 5.31. The van der Waals surface area contributed by atoms with E-state index in [4.69, 9.17) is 4.74 Å². The Labute approximate surface area is 167 Å². The summed E-state index contributed by atoms with van der Waals surface area (Å²) < 4.78 is 18.8. The van der Waals surface area contributed by atoms with Crippen molar-refractivity contribution >= 4 is 23.5 Å². The molecule has 0 bridgehead atoms. The van der Waals surface area contributed by atoms with Gasteiger partial charge in [0.1, 0.15) is 12.4 Å². The minimum absolute atomic E-state index is 0.0168. The van der Waals surface area contributed by atoms with Crippen LogP contribution in [-0.4, -0.2) is 35.8 Å². The number of hydrogen-bond acceptors (Lipinski definition) is 4. The van der Waals surface area contributed by atoms with Crippen LogP contribution in [0, 0.1) is 5.82 Å². The van der Waals surface area contributed by atoms with Gasteiger partial charge in [0.15, 0.2) is 0 Å². The molecule has 0 aromatic heterocycles. The van der Waals surface area contributed by atoms with Crippen LogP contribution in [0.25, 0.3) is 0 Å². The lowest BCUT2D eigenvalue weighted by atomic mass is 9.90. The minimum atomic E-state index is -0.768. The van der Waals surface area contributed by atoms with E-state index in [1.165, 1.54) is 18.2 Å². The Balaban J connectivity index is 1.40. The normalized spacial score (nSPS) is 18.2. The Morgan fingerprint density at radius 3 is 2.55 bits per heavy atom. The van der Waals surface area contributed by atoms with Crippen molar-refractivity contribution < 1.29 is 23.5 Å². The predicted molar refractivity (Wildman–Crippen MR) is 104 cm³/mol. The maximum Gasteiger partial charge on any atom is 0.314 e. The van der Waals surface area contributed by atoms with Crippen molar-refractivity contribution in [2.24, 2.45) is 0 Å². The summed E-state index contributed by atoms with van der Waals surface area (Å²) in [5.74, 6) is -2.13. The fourth-order valence-electron chi connectivity index (χ4n) is 3.75.